The van der Waals surface area contributed by atoms with Crippen LogP contribution < -0.4 is 5.32 Å². The van der Waals surface area contributed by atoms with Crippen molar-refractivity contribution in [2.24, 2.45) is 0 Å². The Bertz CT molecular complexity index is 786. The van der Waals surface area contributed by atoms with Gasteiger partial charge in [0, 0.05) is 19.6 Å². The first-order chi connectivity index (χ1) is 11.7. The Morgan fingerprint density at radius 3 is 2.83 bits per heavy atom. The number of rotatable bonds is 5. The lowest BCUT2D eigenvalue weighted by Gasteiger charge is -2.33. The highest BCUT2D eigenvalue weighted by Gasteiger charge is 2.25. The SMILES string of the molecule is Cc1cn2nc(NC[C@H](c3ccc(C)o3)N3CCOCC3)sc2n1. The molecule has 0 amide bonds. The quantitative estimate of drug-likeness (QED) is 0.765. The van der Waals surface area contributed by atoms with Crippen molar-refractivity contribution < 1.29 is 9.15 Å². The summed E-state index contributed by atoms with van der Waals surface area (Å²) >= 11 is 1.56. The Morgan fingerprint density at radius 2 is 2.12 bits per heavy atom. The van der Waals surface area contributed by atoms with Gasteiger partial charge in [0.15, 0.2) is 0 Å². The van der Waals surface area contributed by atoms with Gasteiger partial charge in [0.25, 0.3) is 0 Å². The molecule has 4 rings (SSSR count). The molecule has 0 aromatic carbocycles. The van der Waals surface area contributed by atoms with E-state index in [4.69, 9.17) is 9.15 Å². The van der Waals surface area contributed by atoms with Crippen molar-refractivity contribution in [3.63, 3.8) is 0 Å². The fourth-order valence-corrected chi connectivity index (χ4v) is 3.83. The molecule has 7 nitrogen and oxygen atoms in total. The molecule has 128 valence electrons. The highest BCUT2D eigenvalue weighted by molar-refractivity contribution is 7.20. The zero-order valence-electron chi connectivity index (χ0n) is 13.9. The molecule has 0 bridgehead atoms. The van der Waals surface area contributed by atoms with Crippen LogP contribution in [0, 0.1) is 13.8 Å². The van der Waals surface area contributed by atoms with Crippen molar-refractivity contribution in [1.82, 2.24) is 19.5 Å². The maximum Gasteiger partial charge on any atom is 0.214 e. The van der Waals surface area contributed by atoms with E-state index in [1.807, 2.05) is 30.6 Å². The fraction of sp³-hybridized carbons (Fsp3) is 0.500. The standard InChI is InChI=1S/C16H21N5O2S/c1-11-10-21-16(18-11)24-15(19-21)17-9-13(14-4-3-12(2)23-14)20-5-7-22-8-6-20/h3-4,10,13H,5-9H2,1-2H3,(H,17,19)/t13-/m1/s1. The van der Waals surface area contributed by atoms with Crippen LogP contribution in [0.15, 0.2) is 22.7 Å². The van der Waals surface area contributed by atoms with E-state index < -0.39 is 0 Å². The number of anilines is 1. The number of nitrogens with zero attached hydrogens (tertiary/aromatic N) is 4. The fourth-order valence-electron chi connectivity index (χ4n) is 3.00. The van der Waals surface area contributed by atoms with Crippen LogP contribution in [0.2, 0.25) is 0 Å². The molecule has 1 atom stereocenters. The number of nitrogens with one attached hydrogen (secondary N) is 1. The van der Waals surface area contributed by atoms with E-state index >= 15 is 0 Å². The van der Waals surface area contributed by atoms with Gasteiger partial charge in [-0.05, 0) is 26.0 Å². The van der Waals surface area contributed by atoms with Crippen molar-refractivity contribution in [2.75, 3.05) is 38.2 Å². The van der Waals surface area contributed by atoms with Gasteiger partial charge in [0.2, 0.25) is 10.1 Å². The van der Waals surface area contributed by atoms with Crippen molar-refractivity contribution in [3.05, 3.63) is 35.5 Å². The van der Waals surface area contributed by atoms with Crippen LogP contribution in [-0.4, -0.2) is 52.3 Å². The van der Waals surface area contributed by atoms with Crippen molar-refractivity contribution in [3.8, 4) is 0 Å². The summed E-state index contributed by atoms with van der Waals surface area (Å²) in [4.78, 5) is 7.76. The van der Waals surface area contributed by atoms with Gasteiger partial charge >= 0.3 is 0 Å². The Kier molecular flexibility index (Phi) is 4.26. The largest absolute Gasteiger partial charge is 0.465 e. The van der Waals surface area contributed by atoms with Crippen LogP contribution in [0.3, 0.4) is 0 Å². The summed E-state index contributed by atoms with van der Waals surface area (Å²) in [5, 5.41) is 8.86. The lowest BCUT2D eigenvalue weighted by atomic mass is 10.1. The van der Waals surface area contributed by atoms with Gasteiger partial charge in [-0.1, -0.05) is 11.3 Å². The van der Waals surface area contributed by atoms with Crippen molar-refractivity contribution in [1.29, 1.82) is 0 Å². The number of aryl methyl sites for hydroxylation is 2. The predicted octanol–water partition coefficient (Wildman–Crippen LogP) is 2.49. The van der Waals surface area contributed by atoms with Crippen LogP contribution in [0.5, 0.6) is 0 Å². The monoisotopic (exact) mass is 347 g/mol. The summed E-state index contributed by atoms with van der Waals surface area (Å²) < 4.78 is 13.2. The zero-order valence-corrected chi connectivity index (χ0v) is 14.7. The normalized spacial score (nSPS) is 17.4. The molecule has 3 aromatic rings. The lowest BCUT2D eigenvalue weighted by molar-refractivity contribution is 0.0143. The number of aromatic nitrogens is 3. The number of ether oxygens (including phenoxy) is 1. The molecule has 4 heterocycles. The number of fused-ring (bicyclic) bond motifs is 1. The van der Waals surface area contributed by atoms with Gasteiger partial charge in [-0.25, -0.2) is 9.50 Å². The van der Waals surface area contributed by atoms with Crippen LogP contribution in [0.4, 0.5) is 5.13 Å². The molecule has 1 N–H and O–H groups in total. The summed E-state index contributed by atoms with van der Waals surface area (Å²) in [7, 11) is 0. The molecule has 0 radical (unpaired) electrons. The highest BCUT2D eigenvalue weighted by atomic mass is 32.1. The van der Waals surface area contributed by atoms with Gasteiger partial charge in [0.05, 0.1) is 31.1 Å². The van der Waals surface area contributed by atoms with Crippen molar-refractivity contribution in [2.45, 2.75) is 19.9 Å². The lowest BCUT2D eigenvalue weighted by Crippen LogP contribution is -2.41. The third-order valence-electron chi connectivity index (χ3n) is 4.19. The Balaban J connectivity index is 1.51. The van der Waals surface area contributed by atoms with Crippen LogP contribution in [0.25, 0.3) is 4.96 Å². The maximum absolute atomic E-state index is 5.89. The smallest absolute Gasteiger partial charge is 0.214 e. The van der Waals surface area contributed by atoms with E-state index in [9.17, 15) is 0 Å². The maximum atomic E-state index is 5.89. The van der Waals surface area contributed by atoms with Gasteiger partial charge in [-0.15, -0.1) is 5.10 Å². The molecule has 3 aromatic heterocycles. The molecule has 1 aliphatic rings. The van der Waals surface area contributed by atoms with Gasteiger partial charge in [-0.2, -0.15) is 0 Å². The van der Waals surface area contributed by atoms with Gasteiger partial charge in [0.1, 0.15) is 11.5 Å². The molecule has 0 aliphatic carbocycles. The zero-order chi connectivity index (χ0) is 16.5. The molecule has 1 fully saturated rings. The van der Waals surface area contributed by atoms with E-state index in [0.29, 0.717) is 0 Å². The number of imidazole rings is 1. The topological polar surface area (TPSA) is 67.8 Å². The highest BCUT2D eigenvalue weighted by Crippen LogP contribution is 2.26. The van der Waals surface area contributed by atoms with Crippen LogP contribution in [0.1, 0.15) is 23.3 Å². The average molecular weight is 347 g/mol. The molecule has 0 saturated carbocycles. The molecular formula is C16H21N5O2S. The van der Waals surface area contributed by atoms with Gasteiger partial charge < -0.3 is 14.5 Å². The minimum Gasteiger partial charge on any atom is -0.465 e. The minimum atomic E-state index is 0.167. The molecule has 0 spiro atoms. The molecule has 1 saturated heterocycles. The van der Waals surface area contributed by atoms with E-state index in [2.05, 4.69) is 26.4 Å². The first-order valence-corrected chi connectivity index (χ1v) is 8.95. The number of hydrogen-bond acceptors (Lipinski definition) is 7. The number of hydrogen-bond donors (Lipinski definition) is 1. The third-order valence-corrected chi connectivity index (χ3v) is 5.07. The van der Waals surface area contributed by atoms with Crippen LogP contribution in [-0.2, 0) is 4.74 Å². The Labute approximate surface area is 144 Å². The molecular weight excluding hydrogens is 326 g/mol. The number of morpholine rings is 1. The summed E-state index contributed by atoms with van der Waals surface area (Å²) in [5.74, 6) is 1.92. The summed E-state index contributed by atoms with van der Waals surface area (Å²) in [6.07, 6.45) is 1.94. The molecule has 1 aliphatic heterocycles. The van der Waals surface area contributed by atoms with E-state index in [-0.39, 0.29) is 6.04 Å². The summed E-state index contributed by atoms with van der Waals surface area (Å²) in [5.41, 5.74) is 0.984. The Morgan fingerprint density at radius 1 is 1.29 bits per heavy atom. The van der Waals surface area contributed by atoms with E-state index in [0.717, 1.165) is 60.2 Å². The first-order valence-electron chi connectivity index (χ1n) is 8.14. The molecule has 0 unspecified atom stereocenters. The average Bonchev–Trinajstić information content (AvgIpc) is 3.23. The predicted molar refractivity (Wildman–Crippen MR) is 92.7 cm³/mol. The van der Waals surface area contributed by atoms with Gasteiger partial charge in [-0.3, -0.25) is 4.90 Å². The molecule has 8 heteroatoms. The van der Waals surface area contributed by atoms with Crippen molar-refractivity contribution >= 4 is 21.4 Å². The second-order valence-electron chi connectivity index (χ2n) is 6.01. The second kappa shape index (κ2) is 6.54. The minimum absolute atomic E-state index is 0.167. The van der Waals surface area contributed by atoms with E-state index in [1.165, 1.54) is 0 Å². The third kappa shape index (κ3) is 3.17. The first kappa shape index (κ1) is 15.6. The number of furan rings is 1. The summed E-state index contributed by atoms with van der Waals surface area (Å²) in [6, 6.07) is 4.25. The van der Waals surface area contributed by atoms with E-state index in [1.54, 1.807) is 11.3 Å². The summed E-state index contributed by atoms with van der Waals surface area (Å²) in [6.45, 7) is 8.04. The molecule has 24 heavy (non-hydrogen) atoms. The van der Waals surface area contributed by atoms with Crippen LogP contribution >= 0.6 is 11.3 Å². The Hall–Kier alpha value is -1.90. The second-order valence-corrected chi connectivity index (χ2v) is 6.97.